The predicted octanol–water partition coefficient (Wildman–Crippen LogP) is 3.44. The quantitative estimate of drug-likeness (QED) is 0.802. The molecule has 0 bridgehead atoms. The van der Waals surface area contributed by atoms with Gasteiger partial charge < -0.3 is 10.1 Å². The summed E-state index contributed by atoms with van der Waals surface area (Å²) >= 11 is 0. The van der Waals surface area contributed by atoms with Crippen LogP contribution in [0.15, 0.2) is 12.1 Å². The Kier molecular flexibility index (Phi) is 2.18. The molecule has 1 aromatic carbocycles. The monoisotopic (exact) mass is 240 g/mol. The number of benzene rings is 1. The average Bonchev–Trinajstić information content (AvgIpc) is 2.58. The maximum absolute atomic E-state index is 10.2. The van der Waals surface area contributed by atoms with Crippen molar-refractivity contribution in [3.8, 4) is 11.8 Å². The van der Waals surface area contributed by atoms with Crippen LogP contribution in [0.25, 0.3) is 10.9 Å². The molecule has 1 heterocycles. The fraction of sp³-hybridized carbons (Fsp3) is 0.400. The molecular formula is C15H16N2O. The molecule has 3 nitrogen and oxygen atoms in total. The molecule has 0 atom stereocenters. The molecule has 0 amide bonds. The topological polar surface area (TPSA) is 59.8 Å². The summed E-state index contributed by atoms with van der Waals surface area (Å²) in [6, 6.07) is 6.01. The Morgan fingerprint density at radius 1 is 1.33 bits per heavy atom. The van der Waals surface area contributed by atoms with E-state index in [-0.39, 0.29) is 5.75 Å². The van der Waals surface area contributed by atoms with E-state index in [1.807, 2.05) is 19.9 Å². The van der Waals surface area contributed by atoms with Crippen LogP contribution in [0.4, 0.5) is 0 Å². The Bertz CT molecular complexity index is 672. The number of hydrogen-bond donors (Lipinski definition) is 2. The predicted molar refractivity (Wildman–Crippen MR) is 70.6 cm³/mol. The highest BCUT2D eigenvalue weighted by Gasteiger charge is 2.42. The Morgan fingerprint density at radius 2 is 2.06 bits per heavy atom. The maximum Gasteiger partial charge on any atom is 0.121 e. The number of phenols is 1. The van der Waals surface area contributed by atoms with E-state index in [0.717, 1.165) is 47.0 Å². The van der Waals surface area contributed by atoms with Gasteiger partial charge in [-0.25, -0.2) is 0 Å². The molecule has 2 aromatic rings. The first-order chi connectivity index (χ1) is 8.59. The molecule has 1 fully saturated rings. The van der Waals surface area contributed by atoms with Crippen molar-refractivity contribution in [3.63, 3.8) is 0 Å². The van der Waals surface area contributed by atoms with Crippen molar-refractivity contribution >= 4 is 10.9 Å². The van der Waals surface area contributed by atoms with Gasteiger partial charge in [-0.05, 0) is 50.8 Å². The van der Waals surface area contributed by atoms with Gasteiger partial charge in [0.25, 0.3) is 0 Å². The summed E-state index contributed by atoms with van der Waals surface area (Å²) in [5.41, 5.74) is 3.60. The van der Waals surface area contributed by atoms with Crippen LogP contribution < -0.4 is 0 Å². The number of fused-ring (bicyclic) bond motifs is 1. The van der Waals surface area contributed by atoms with E-state index in [1.165, 1.54) is 0 Å². The van der Waals surface area contributed by atoms with Gasteiger partial charge in [-0.3, -0.25) is 0 Å². The largest absolute Gasteiger partial charge is 0.508 e. The van der Waals surface area contributed by atoms with Crippen molar-refractivity contribution in [1.82, 2.24) is 4.98 Å². The van der Waals surface area contributed by atoms with Gasteiger partial charge in [-0.1, -0.05) is 0 Å². The lowest BCUT2D eigenvalue weighted by Crippen LogP contribution is -2.32. The van der Waals surface area contributed by atoms with Crippen LogP contribution in [0.1, 0.15) is 36.1 Å². The van der Waals surface area contributed by atoms with Gasteiger partial charge in [-0.15, -0.1) is 0 Å². The van der Waals surface area contributed by atoms with Gasteiger partial charge in [0.05, 0.1) is 11.5 Å². The first-order valence-corrected chi connectivity index (χ1v) is 6.32. The third kappa shape index (κ3) is 1.23. The third-order valence-electron chi connectivity index (χ3n) is 4.34. The Morgan fingerprint density at radius 3 is 2.61 bits per heavy atom. The van der Waals surface area contributed by atoms with E-state index in [2.05, 4.69) is 11.1 Å². The number of aromatic amines is 1. The number of rotatable bonds is 1. The van der Waals surface area contributed by atoms with E-state index in [0.29, 0.717) is 0 Å². The SMILES string of the molecule is Cc1[nH]c2ccc(O)c(C3(C#N)CCC3)c2c1C. The third-order valence-corrected chi connectivity index (χ3v) is 4.34. The zero-order valence-electron chi connectivity index (χ0n) is 10.7. The van der Waals surface area contributed by atoms with Crippen LogP contribution in [-0.4, -0.2) is 10.1 Å². The molecule has 0 aliphatic heterocycles. The Hall–Kier alpha value is -1.95. The highest BCUT2D eigenvalue weighted by Crippen LogP contribution is 2.49. The van der Waals surface area contributed by atoms with Crippen LogP contribution in [0, 0.1) is 25.2 Å². The molecule has 18 heavy (non-hydrogen) atoms. The number of aryl methyl sites for hydroxylation is 2. The molecule has 0 radical (unpaired) electrons. The zero-order valence-corrected chi connectivity index (χ0v) is 10.7. The van der Waals surface area contributed by atoms with E-state index in [4.69, 9.17) is 0 Å². The van der Waals surface area contributed by atoms with Crippen LogP contribution in [0.3, 0.4) is 0 Å². The van der Waals surface area contributed by atoms with Crippen LogP contribution in [0.5, 0.6) is 5.75 Å². The van der Waals surface area contributed by atoms with Crippen LogP contribution >= 0.6 is 0 Å². The number of nitriles is 1. The second kappa shape index (κ2) is 3.52. The van der Waals surface area contributed by atoms with Gasteiger partial charge in [-0.2, -0.15) is 5.26 Å². The number of H-pyrrole nitrogens is 1. The average molecular weight is 240 g/mol. The summed E-state index contributed by atoms with van der Waals surface area (Å²) in [5, 5.41) is 20.7. The Balaban J connectivity index is 2.40. The first-order valence-electron chi connectivity index (χ1n) is 6.32. The van der Waals surface area contributed by atoms with Crippen molar-refractivity contribution in [2.75, 3.05) is 0 Å². The van der Waals surface area contributed by atoms with E-state index in [1.54, 1.807) is 6.07 Å². The molecule has 1 aromatic heterocycles. The highest BCUT2D eigenvalue weighted by atomic mass is 16.3. The second-order valence-corrected chi connectivity index (χ2v) is 5.30. The van der Waals surface area contributed by atoms with Gasteiger partial charge in [0.2, 0.25) is 0 Å². The molecule has 1 aliphatic rings. The van der Waals surface area contributed by atoms with Crippen molar-refractivity contribution in [2.24, 2.45) is 0 Å². The molecule has 0 unspecified atom stereocenters. The van der Waals surface area contributed by atoms with Gasteiger partial charge in [0.15, 0.2) is 0 Å². The number of aromatic hydroxyl groups is 1. The number of nitrogens with one attached hydrogen (secondary N) is 1. The molecule has 0 saturated heterocycles. The van der Waals surface area contributed by atoms with Gasteiger partial charge in [0, 0.05) is 22.2 Å². The summed E-state index contributed by atoms with van der Waals surface area (Å²) in [6.45, 7) is 4.07. The summed E-state index contributed by atoms with van der Waals surface area (Å²) in [4.78, 5) is 3.32. The lowest BCUT2D eigenvalue weighted by molar-refractivity contribution is 0.314. The normalized spacial score (nSPS) is 17.4. The number of phenolic OH excluding ortho intramolecular Hbond substituents is 1. The van der Waals surface area contributed by atoms with E-state index < -0.39 is 5.41 Å². The minimum absolute atomic E-state index is 0.255. The van der Waals surface area contributed by atoms with Gasteiger partial charge in [0.1, 0.15) is 5.75 Å². The molecular weight excluding hydrogens is 224 g/mol. The molecule has 1 aliphatic carbocycles. The second-order valence-electron chi connectivity index (χ2n) is 5.30. The van der Waals surface area contributed by atoms with Crippen molar-refractivity contribution < 1.29 is 5.11 Å². The van der Waals surface area contributed by atoms with Crippen molar-refractivity contribution in [3.05, 3.63) is 29.0 Å². The molecule has 3 rings (SSSR count). The molecule has 3 heteroatoms. The maximum atomic E-state index is 10.2. The summed E-state index contributed by atoms with van der Waals surface area (Å²) in [6.07, 6.45) is 2.76. The lowest BCUT2D eigenvalue weighted by Gasteiger charge is -2.36. The standard InChI is InChI=1S/C15H16N2O/c1-9-10(2)17-11-4-5-12(18)14(13(9)11)15(8-16)6-3-7-15/h4-5,17-18H,3,6-7H2,1-2H3. The minimum Gasteiger partial charge on any atom is -0.508 e. The molecule has 2 N–H and O–H groups in total. The molecule has 0 spiro atoms. The van der Waals surface area contributed by atoms with Gasteiger partial charge >= 0.3 is 0 Å². The minimum atomic E-state index is -0.483. The van der Waals surface area contributed by atoms with Crippen LogP contribution in [0.2, 0.25) is 0 Å². The molecule has 1 saturated carbocycles. The van der Waals surface area contributed by atoms with Crippen molar-refractivity contribution in [2.45, 2.75) is 38.5 Å². The van der Waals surface area contributed by atoms with Crippen molar-refractivity contribution in [1.29, 1.82) is 5.26 Å². The zero-order chi connectivity index (χ0) is 12.9. The smallest absolute Gasteiger partial charge is 0.121 e. The number of hydrogen-bond acceptors (Lipinski definition) is 2. The lowest BCUT2D eigenvalue weighted by atomic mass is 9.64. The fourth-order valence-corrected chi connectivity index (χ4v) is 3.00. The fourth-order valence-electron chi connectivity index (χ4n) is 3.00. The number of aromatic nitrogens is 1. The van der Waals surface area contributed by atoms with E-state index in [9.17, 15) is 10.4 Å². The first kappa shape index (κ1) is 11.2. The van der Waals surface area contributed by atoms with E-state index >= 15 is 0 Å². The Labute approximate surface area is 106 Å². The summed E-state index contributed by atoms with van der Waals surface area (Å²) < 4.78 is 0. The molecule has 92 valence electrons. The van der Waals surface area contributed by atoms with Crippen LogP contribution in [-0.2, 0) is 5.41 Å². The summed E-state index contributed by atoms with van der Waals surface area (Å²) in [5.74, 6) is 0.255. The summed E-state index contributed by atoms with van der Waals surface area (Å²) in [7, 11) is 0. The number of nitrogens with zero attached hydrogens (tertiary/aromatic N) is 1. The highest BCUT2D eigenvalue weighted by molar-refractivity contribution is 5.91.